The van der Waals surface area contributed by atoms with Gasteiger partial charge in [0.05, 0.1) is 18.8 Å². The van der Waals surface area contributed by atoms with Crippen LogP contribution in [0.15, 0.2) is 54.6 Å². The molecule has 0 aliphatic carbocycles. The lowest BCUT2D eigenvalue weighted by atomic mass is 10.1. The first kappa shape index (κ1) is 17.8. The number of carbonyl (C=O) groups is 1. The second-order valence-corrected chi connectivity index (χ2v) is 7.00. The highest BCUT2D eigenvalue weighted by Gasteiger charge is 2.24. The fraction of sp³-hybridized carbons (Fsp3) is 0.238. The minimum Gasteiger partial charge on any atom is -0.365 e. The van der Waals surface area contributed by atoms with Crippen molar-refractivity contribution in [3.8, 4) is 0 Å². The molecule has 27 heavy (non-hydrogen) atoms. The molecule has 0 radical (unpaired) electrons. The van der Waals surface area contributed by atoms with Gasteiger partial charge in [0.15, 0.2) is 5.69 Å². The molecule has 1 aliphatic rings. The van der Waals surface area contributed by atoms with Crippen LogP contribution in [-0.2, 0) is 24.3 Å². The van der Waals surface area contributed by atoms with E-state index in [2.05, 4.69) is 17.3 Å². The summed E-state index contributed by atoms with van der Waals surface area (Å²) in [7, 11) is 0. The zero-order valence-corrected chi connectivity index (χ0v) is 15.7. The number of aryl methyl sites for hydroxylation is 1. The van der Waals surface area contributed by atoms with E-state index in [1.165, 1.54) is 5.56 Å². The highest BCUT2D eigenvalue weighted by atomic mass is 35.5. The zero-order chi connectivity index (χ0) is 18.8. The number of hydrogen-bond donors (Lipinski definition) is 1. The van der Waals surface area contributed by atoms with Crippen LogP contribution in [0.4, 0.5) is 5.69 Å². The summed E-state index contributed by atoms with van der Waals surface area (Å²) < 4.78 is 7.78. The molecule has 1 atom stereocenters. The number of benzene rings is 2. The topological polar surface area (TPSA) is 56.2 Å². The number of amides is 1. The van der Waals surface area contributed by atoms with Crippen molar-refractivity contribution in [2.75, 3.05) is 5.32 Å². The third-order valence-electron chi connectivity index (χ3n) is 4.70. The Hall–Kier alpha value is -2.63. The Morgan fingerprint density at radius 1 is 1.26 bits per heavy atom. The number of carbonyl (C=O) groups excluding carboxylic acids is 1. The van der Waals surface area contributed by atoms with E-state index >= 15 is 0 Å². The Morgan fingerprint density at radius 2 is 2.07 bits per heavy atom. The number of aromatic nitrogens is 2. The maximum Gasteiger partial charge on any atom is 0.276 e. The molecule has 2 heterocycles. The first-order chi connectivity index (χ1) is 13.1. The van der Waals surface area contributed by atoms with Crippen molar-refractivity contribution < 1.29 is 9.53 Å². The van der Waals surface area contributed by atoms with E-state index in [1.54, 1.807) is 6.07 Å². The van der Waals surface area contributed by atoms with E-state index in [4.69, 9.17) is 16.3 Å². The van der Waals surface area contributed by atoms with Gasteiger partial charge in [-0.2, -0.15) is 5.10 Å². The maximum atomic E-state index is 12.6. The van der Waals surface area contributed by atoms with Crippen LogP contribution in [0.5, 0.6) is 0 Å². The SMILES string of the molecule is CCc1cccc(NC(=O)c2cc3n(n2)C[C@@H](c2ccc(Cl)cc2)OC3)c1. The molecule has 0 saturated heterocycles. The average Bonchev–Trinajstić information content (AvgIpc) is 3.12. The Morgan fingerprint density at radius 3 is 2.85 bits per heavy atom. The Balaban J connectivity index is 1.49. The largest absolute Gasteiger partial charge is 0.365 e. The summed E-state index contributed by atoms with van der Waals surface area (Å²) >= 11 is 5.95. The number of halogens is 1. The Kier molecular flexibility index (Phi) is 4.97. The van der Waals surface area contributed by atoms with Gasteiger partial charge in [-0.1, -0.05) is 42.8 Å². The molecule has 1 aromatic heterocycles. The molecule has 4 rings (SSSR count). The van der Waals surface area contributed by atoms with Crippen LogP contribution in [0.3, 0.4) is 0 Å². The Labute approximate surface area is 162 Å². The third-order valence-corrected chi connectivity index (χ3v) is 4.95. The molecule has 3 aromatic rings. The lowest BCUT2D eigenvalue weighted by molar-refractivity contribution is -0.00118. The first-order valence-corrected chi connectivity index (χ1v) is 9.34. The predicted octanol–water partition coefficient (Wildman–Crippen LogP) is 4.62. The van der Waals surface area contributed by atoms with Gasteiger partial charge < -0.3 is 10.1 Å². The average molecular weight is 382 g/mol. The fourth-order valence-corrected chi connectivity index (χ4v) is 3.31. The van der Waals surface area contributed by atoms with Crippen LogP contribution in [0.2, 0.25) is 5.02 Å². The van der Waals surface area contributed by atoms with E-state index in [-0.39, 0.29) is 12.0 Å². The summed E-state index contributed by atoms with van der Waals surface area (Å²) in [6.07, 6.45) is 0.818. The van der Waals surface area contributed by atoms with Gasteiger partial charge in [0.2, 0.25) is 0 Å². The fourth-order valence-electron chi connectivity index (χ4n) is 3.18. The molecule has 1 amide bonds. The van der Waals surface area contributed by atoms with Crippen LogP contribution in [0.25, 0.3) is 0 Å². The van der Waals surface area contributed by atoms with Crippen molar-refractivity contribution in [3.05, 3.63) is 82.1 Å². The molecule has 0 spiro atoms. The van der Waals surface area contributed by atoms with Crippen LogP contribution >= 0.6 is 11.6 Å². The van der Waals surface area contributed by atoms with Crippen LogP contribution in [0, 0.1) is 0 Å². The van der Waals surface area contributed by atoms with Gasteiger partial charge in [0.25, 0.3) is 5.91 Å². The normalized spacial score (nSPS) is 16.0. The minimum absolute atomic E-state index is 0.105. The van der Waals surface area contributed by atoms with Gasteiger partial charge in [-0.05, 0) is 47.9 Å². The molecule has 1 aliphatic heterocycles. The molecule has 0 saturated carbocycles. The van der Waals surface area contributed by atoms with Crippen LogP contribution in [0.1, 0.15) is 40.3 Å². The number of ether oxygens (including phenoxy) is 1. The summed E-state index contributed by atoms with van der Waals surface area (Å²) in [6.45, 7) is 3.07. The summed E-state index contributed by atoms with van der Waals surface area (Å²) in [4.78, 5) is 12.6. The molecule has 138 valence electrons. The third kappa shape index (κ3) is 3.89. The van der Waals surface area contributed by atoms with E-state index in [9.17, 15) is 4.79 Å². The van der Waals surface area contributed by atoms with Crippen LogP contribution in [-0.4, -0.2) is 15.7 Å². The molecule has 2 aromatic carbocycles. The van der Waals surface area contributed by atoms with Crippen LogP contribution < -0.4 is 5.32 Å². The minimum atomic E-state index is -0.215. The summed E-state index contributed by atoms with van der Waals surface area (Å²) in [5, 5.41) is 8.10. The summed E-state index contributed by atoms with van der Waals surface area (Å²) in [5.74, 6) is -0.215. The van der Waals surface area contributed by atoms with E-state index in [1.807, 2.05) is 53.2 Å². The number of nitrogens with zero attached hydrogens (tertiary/aromatic N) is 2. The van der Waals surface area contributed by atoms with Crippen molar-refractivity contribution >= 4 is 23.2 Å². The highest BCUT2D eigenvalue weighted by molar-refractivity contribution is 6.30. The lowest BCUT2D eigenvalue weighted by Crippen LogP contribution is -2.22. The van der Waals surface area contributed by atoms with Gasteiger partial charge in [0, 0.05) is 10.7 Å². The molecule has 0 unspecified atom stereocenters. The number of nitrogens with one attached hydrogen (secondary N) is 1. The number of anilines is 1. The molecule has 6 heteroatoms. The van der Waals surface area contributed by atoms with Crippen molar-refractivity contribution in [2.45, 2.75) is 32.6 Å². The van der Waals surface area contributed by atoms with Crippen molar-refractivity contribution in [3.63, 3.8) is 0 Å². The maximum absolute atomic E-state index is 12.6. The van der Waals surface area contributed by atoms with Gasteiger partial charge in [0.1, 0.15) is 6.10 Å². The van der Waals surface area contributed by atoms with Gasteiger partial charge in [-0.15, -0.1) is 0 Å². The second-order valence-electron chi connectivity index (χ2n) is 6.56. The zero-order valence-electron chi connectivity index (χ0n) is 15.0. The second kappa shape index (κ2) is 7.55. The van der Waals surface area contributed by atoms with Gasteiger partial charge in [-0.3, -0.25) is 9.48 Å². The van der Waals surface area contributed by atoms with Crippen molar-refractivity contribution in [1.29, 1.82) is 0 Å². The van der Waals surface area contributed by atoms with Crippen molar-refractivity contribution in [1.82, 2.24) is 9.78 Å². The quantitative estimate of drug-likeness (QED) is 0.717. The van der Waals surface area contributed by atoms with E-state index in [0.29, 0.717) is 23.9 Å². The molecular formula is C21H20ClN3O2. The predicted molar refractivity (Wildman–Crippen MR) is 105 cm³/mol. The smallest absolute Gasteiger partial charge is 0.276 e. The number of hydrogen-bond acceptors (Lipinski definition) is 3. The molecular weight excluding hydrogens is 362 g/mol. The van der Waals surface area contributed by atoms with Gasteiger partial charge in [-0.25, -0.2) is 0 Å². The summed E-state index contributed by atoms with van der Waals surface area (Å²) in [5.41, 5.74) is 4.29. The monoisotopic (exact) mass is 381 g/mol. The first-order valence-electron chi connectivity index (χ1n) is 8.96. The Bertz CT molecular complexity index is 966. The number of fused-ring (bicyclic) bond motifs is 1. The lowest BCUT2D eigenvalue weighted by Gasteiger charge is -2.24. The highest BCUT2D eigenvalue weighted by Crippen LogP contribution is 2.27. The number of rotatable bonds is 4. The van der Waals surface area contributed by atoms with Gasteiger partial charge >= 0.3 is 0 Å². The van der Waals surface area contributed by atoms with E-state index < -0.39 is 0 Å². The molecule has 5 nitrogen and oxygen atoms in total. The molecule has 0 fully saturated rings. The van der Waals surface area contributed by atoms with Crippen molar-refractivity contribution in [2.24, 2.45) is 0 Å². The van der Waals surface area contributed by atoms with E-state index in [0.717, 1.165) is 23.4 Å². The standard InChI is InChI=1S/C21H20ClN3O2/c1-2-14-4-3-5-17(10-14)23-21(26)19-11-18-13-27-20(12-25(18)24-19)15-6-8-16(22)9-7-15/h3-11,20H,2,12-13H2,1H3,(H,23,26)/t20-/m0/s1. The summed E-state index contributed by atoms with van der Waals surface area (Å²) in [6, 6.07) is 17.2. The molecule has 1 N–H and O–H groups in total. The molecule has 0 bridgehead atoms.